The number of H-pyrrole nitrogens is 1. The molecule has 1 heterocycles. The van der Waals surface area contributed by atoms with Gasteiger partial charge in [0.25, 0.3) is 0 Å². The molecule has 0 aliphatic heterocycles. The first-order valence-corrected chi connectivity index (χ1v) is 7.56. The Bertz CT molecular complexity index is 559. The molecule has 1 aromatic heterocycles. The molecule has 1 aliphatic rings. The van der Waals surface area contributed by atoms with Crippen LogP contribution in [0.5, 0.6) is 0 Å². The number of anilines is 1. The molecule has 1 atom stereocenters. The van der Waals surface area contributed by atoms with Crippen molar-refractivity contribution in [2.75, 3.05) is 11.9 Å². The highest BCUT2D eigenvalue weighted by Crippen LogP contribution is 2.31. The van der Waals surface area contributed by atoms with Crippen molar-refractivity contribution in [2.45, 2.75) is 32.1 Å². The van der Waals surface area contributed by atoms with Gasteiger partial charge in [-0.2, -0.15) is 5.10 Å². The first kappa shape index (κ1) is 12.7. The van der Waals surface area contributed by atoms with E-state index in [0.717, 1.165) is 11.0 Å². The summed E-state index contributed by atoms with van der Waals surface area (Å²) in [5, 5.41) is 11.1. The number of nitrogens with one attached hydrogen (secondary N) is 2. The Kier molecular flexibility index (Phi) is 3.60. The molecule has 4 heteroatoms. The van der Waals surface area contributed by atoms with Crippen LogP contribution in [-0.4, -0.2) is 16.7 Å². The van der Waals surface area contributed by atoms with Crippen LogP contribution in [0.2, 0.25) is 0 Å². The van der Waals surface area contributed by atoms with Crippen molar-refractivity contribution in [1.29, 1.82) is 0 Å². The standard InChI is InChI=1S/C15H18BrN3/c1-10-14-4-2-3-11(15(14)19-18-10)9-17-13-7-5-12(16)6-8-13/h5-8,11,17H,2-4,9H2,1H3,(H,18,19). The summed E-state index contributed by atoms with van der Waals surface area (Å²) in [4.78, 5) is 0. The topological polar surface area (TPSA) is 40.7 Å². The van der Waals surface area contributed by atoms with Crippen LogP contribution in [0.4, 0.5) is 5.69 Å². The van der Waals surface area contributed by atoms with Gasteiger partial charge in [0, 0.05) is 28.3 Å². The van der Waals surface area contributed by atoms with Crippen LogP contribution < -0.4 is 5.32 Å². The third-order valence-electron chi connectivity index (χ3n) is 3.87. The maximum Gasteiger partial charge on any atom is 0.0705 e. The van der Waals surface area contributed by atoms with E-state index >= 15 is 0 Å². The van der Waals surface area contributed by atoms with Gasteiger partial charge >= 0.3 is 0 Å². The molecule has 0 saturated heterocycles. The van der Waals surface area contributed by atoms with Crippen molar-refractivity contribution in [2.24, 2.45) is 0 Å². The van der Waals surface area contributed by atoms with Gasteiger partial charge in [0.15, 0.2) is 0 Å². The largest absolute Gasteiger partial charge is 0.384 e. The summed E-state index contributed by atoms with van der Waals surface area (Å²) in [6.07, 6.45) is 3.66. The molecule has 1 aliphatic carbocycles. The molecule has 19 heavy (non-hydrogen) atoms. The molecule has 3 rings (SSSR count). The van der Waals surface area contributed by atoms with Gasteiger partial charge in [-0.1, -0.05) is 15.9 Å². The van der Waals surface area contributed by atoms with E-state index in [4.69, 9.17) is 0 Å². The smallest absolute Gasteiger partial charge is 0.0705 e. The molecule has 2 N–H and O–H groups in total. The minimum absolute atomic E-state index is 0.525. The molecule has 0 saturated carbocycles. The highest BCUT2D eigenvalue weighted by atomic mass is 79.9. The second-order valence-corrected chi connectivity index (χ2v) is 6.11. The summed E-state index contributed by atoms with van der Waals surface area (Å²) in [6.45, 7) is 3.08. The number of aryl methyl sites for hydroxylation is 1. The maximum atomic E-state index is 4.49. The summed E-state index contributed by atoms with van der Waals surface area (Å²) in [6, 6.07) is 8.33. The van der Waals surface area contributed by atoms with Gasteiger partial charge in [-0.15, -0.1) is 0 Å². The number of benzene rings is 1. The van der Waals surface area contributed by atoms with Gasteiger partial charge in [0.05, 0.1) is 5.69 Å². The lowest BCUT2D eigenvalue weighted by atomic mass is 9.87. The van der Waals surface area contributed by atoms with Crippen molar-refractivity contribution in [1.82, 2.24) is 10.2 Å². The summed E-state index contributed by atoms with van der Waals surface area (Å²) in [7, 11) is 0. The molecular weight excluding hydrogens is 302 g/mol. The minimum Gasteiger partial charge on any atom is -0.384 e. The highest BCUT2D eigenvalue weighted by Gasteiger charge is 2.24. The third kappa shape index (κ3) is 2.68. The average Bonchev–Trinajstić information content (AvgIpc) is 2.81. The van der Waals surface area contributed by atoms with Crippen LogP contribution in [0.15, 0.2) is 28.7 Å². The van der Waals surface area contributed by atoms with E-state index in [1.807, 2.05) is 0 Å². The summed E-state index contributed by atoms with van der Waals surface area (Å²) in [5.74, 6) is 0.525. The molecule has 0 fully saturated rings. The van der Waals surface area contributed by atoms with E-state index in [2.05, 4.69) is 62.6 Å². The van der Waals surface area contributed by atoms with Gasteiger partial charge in [0.2, 0.25) is 0 Å². The van der Waals surface area contributed by atoms with Gasteiger partial charge in [-0.25, -0.2) is 0 Å². The van der Waals surface area contributed by atoms with E-state index in [-0.39, 0.29) is 0 Å². The molecule has 0 spiro atoms. The third-order valence-corrected chi connectivity index (χ3v) is 4.40. The van der Waals surface area contributed by atoms with Crippen LogP contribution in [0.3, 0.4) is 0 Å². The number of nitrogens with zero attached hydrogens (tertiary/aromatic N) is 1. The molecule has 100 valence electrons. The first-order chi connectivity index (χ1) is 9.24. The number of aromatic amines is 1. The van der Waals surface area contributed by atoms with Crippen molar-refractivity contribution < 1.29 is 0 Å². The molecule has 3 nitrogen and oxygen atoms in total. The number of rotatable bonds is 3. The Morgan fingerprint density at radius 3 is 2.95 bits per heavy atom. The summed E-state index contributed by atoms with van der Waals surface area (Å²) < 4.78 is 1.11. The normalized spacial score (nSPS) is 18.1. The van der Waals surface area contributed by atoms with E-state index in [0.29, 0.717) is 5.92 Å². The predicted octanol–water partition coefficient (Wildman–Crippen LogP) is 4.01. The second kappa shape index (κ2) is 5.37. The molecule has 0 amide bonds. The maximum absolute atomic E-state index is 4.49. The molecule has 2 aromatic rings. The molecule has 0 radical (unpaired) electrons. The quantitative estimate of drug-likeness (QED) is 0.897. The fourth-order valence-electron chi connectivity index (χ4n) is 2.79. The van der Waals surface area contributed by atoms with Crippen LogP contribution in [-0.2, 0) is 6.42 Å². The number of halogens is 1. The fourth-order valence-corrected chi connectivity index (χ4v) is 3.06. The Morgan fingerprint density at radius 1 is 1.37 bits per heavy atom. The molecular formula is C15H18BrN3. The van der Waals surface area contributed by atoms with Gasteiger partial charge in [0.1, 0.15) is 0 Å². The van der Waals surface area contributed by atoms with E-state index in [9.17, 15) is 0 Å². The van der Waals surface area contributed by atoms with Gasteiger partial charge in [-0.05, 0) is 56.0 Å². The summed E-state index contributed by atoms with van der Waals surface area (Å²) >= 11 is 3.46. The van der Waals surface area contributed by atoms with Crippen molar-refractivity contribution in [3.63, 3.8) is 0 Å². The van der Waals surface area contributed by atoms with E-state index < -0.39 is 0 Å². The number of hydrogen-bond donors (Lipinski definition) is 2. The monoisotopic (exact) mass is 319 g/mol. The zero-order valence-electron chi connectivity index (χ0n) is 11.0. The SMILES string of the molecule is Cc1[nH]nc2c1CCCC2CNc1ccc(Br)cc1. The Hall–Kier alpha value is -1.29. The number of aromatic nitrogens is 2. The lowest BCUT2D eigenvalue weighted by Crippen LogP contribution is -2.18. The summed E-state index contributed by atoms with van der Waals surface area (Å²) in [5.41, 5.74) is 5.12. The average molecular weight is 320 g/mol. The van der Waals surface area contributed by atoms with Crippen molar-refractivity contribution in [3.8, 4) is 0 Å². The van der Waals surface area contributed by atoms with Crippen molar-refractivity contribution in [3.05, 3.63) is 45.7 Å². The van der Waals surface area contributed by atoms with E-state index in [1.165, 1.54) is 41.9 Å². The molecule has 1 aromatic carbocycles. The zero-order valence-corrected chi connectivity index (χ0v) is 12.6. The van der Waals surface area contributed by atoms with Gasteiger partial charge in [-0.3, -0.25) is 5.10 Å². The van der Waals surface area contributed by atoms with Gasteiger partial charge < -0.3 is 5.32 Å². The second-order valence-electron chi connectivity index (χ2n) is 5.19. The Balaban J connectivity index is 1.69. The lowest BCUT2D eigenvalue weighted by molar-refractivity contribution is 0.559. The number of hydrogen-bond acceptors (Lipinski definition) is 2. The zero-order chi connectivity index (χ0) is 13.2. The lowest BCUT2D eigenvalue weighted by Gasteiger charge is -2.22. The van der Waals surface area contributed by atoms with Crippen LogP contribution in [0, 0.1) is 6.92 Å². The molecule has 1 unspecified atom stereocenters. The Morgan fingerprint density at radius 2 is 2.16 bits per heavy atom. The fraction of sp³-hybridized carbons (Fsp3) is 0.400. The van der Waals surface area contributed by atoms with E-state index in [1.54, 1.807) is 0 Å². The van der Waals surface area contributed by atoms with Crippen LogP contribution in [0.1, 0.15) is 35.7 Å². The predicted molar refractivity (Wildman–Crippen MR) is 81.6 cm³/mol. The highest BCUT2D eigenvalue weighted by molar-refractivity contribution is 9.10. The minimum atomic E-state index is 0.525. The van der Waals surface area contributed by atoms with Crippen LogP contribution in [0.25, 0.3) is 0 Å². The van der Waals surface area contributed by atoms with Crippen LogP contribution >= 0.6 is 15.9 Å². The first-order valence-electron chi connectivity index (χ1n) is 6.77. The Labute approximate surface area is 121 Å². The number of fused-ring (bicyclic) bond motifs is 1. The van der Waals surface area contributed by atoms with Crippen molar-refractivity contribution >= 4 is 21.6 Å². The molecule has 0 bridgehead atoms.